The molecule has 1 radical (unpaired) electrons. The Hall–Kier alpha value is -2.66. The van der Waals surface area contributed by atoms with Crippen molar-refractivity contribution >= 4 is 17.5 Å². The van der Waals surface area contributed by atoms with Crippen molar-refractivity contribution in [1.29, 1.82) is 0 Å². The fourth-order valence-electron chi connectivity index (χ4n) is 2.47. The van der Waals surface area contributed by atoms with E-state index in [1.165, 1.54) is 0 Å². The Morgan fingerprint density at radius 3 is 2.83 bits per heavy atom. The minimum absolute atomic E-state index is 0.409. The first-order valence-corrected chi connectivity index (χ1v) is 7.90. The number of nitrogens with zero attached hydrogens (tertiary/aromatic N) is 2. The van der Waals surface area contributed by atoms with E-state index in [0.717, 1.165) is 11.1 Å². The van der Waals surface area contributed by atoms with Crippen molar-refractivity contribution in [3.05, 3.63) is 76.9 Å². The molecule has 1 heterocycles. The monoisotopic (exact) mass is 339 g/mol. The highest BCUT2D eigenvalue weighted by Crippen LogP contribution is 2.20. The minimum atomic E-state index is -0.409. The summed E-state index contributed by atoms with van der Waals surface area (Å²) in [5.41, 5.74) is 7.73. The molecule has 3 aromatic rings. The number of hydrogen-bond acceptors (Lipinski definition) is 3. The maximum Gasteiger partial charge on any atom is 0.248 e. The standard InChI is InChI=1S/C18H16ClN4O/c19-14-8-3-7-13(11-14)18-21-16(22-23-18)10-4-6-12-5-1-2-9-15(12)17(20)24/h1-3,5,7-11H,4,6H2,(H2,20,24)(H,21,22,23). The molecule has 1 amide bonds. The molecule has 0 fully saturated rings. The van der Waals surface area contributed by atoms with Crippen LogP contribution in [0.15, 0.2) is 48.5 Å². The summed E-state index contributed by atoms with van der Waals surface area (Å²) in [6.45, 7) is 0. The molecular formula is C18H16ClN4O. The van der Waals surface area contributed by atoms with Crippen LogP contribution in [0.2, 0.25) is 5.02 Å². The van der Waals surface area contributed by atoms with Crippen LogP contribution in [0.25, 0.3) is 11.4 Å². The van der Waals surface area contributed by atoms with Gasteiger partial charge in [-0.15, -0.1) is 0 Å². The minimum Gasteiger partial charge on any atom is -0.366 e. The second kappa shape index (κ2) is 7.27. The number of benzene rings is 2. The predicted octanol–water partition coefficient (Wildman–Crippen LogP) is 3.41. The summed E-state index contributed by atoms with van der Waals surface area (Å²) in [5, 5.41) is 7.74. The lowest BCUT2D eigenvalue weighted by Gasteiger charge is -2.05. The van der Waals surface area contributed by atoms with Crippen molar-refractivity contribution in [3.8, 4) is 11.4 Å². The van der Waals surface area contributed by atoms with Gasteiger partial charge in [-0.3, -0.25) is 9.89 Å². The van der Waals surface area contributed by atoms with Crippen molar-refractivity contribution in [2.45, 2.75) is 12.8 Å². The predicted molar refractivity (Wildman–Crippen MR) is 93.5 cm³/mol. The fourth-order valence-corrected chi connectivity index (χ4v) is 2.66. The summed E-state index contributed by atoms with van der Waals surface area (Å²) in [6, 6.07) is 14.7. The molecule has 0 atom stereocenters. The molecule has 3 rings (SSSR count). The van der Waals surface area contributed by atoms with Gasteiger partial charge in [0.1, 0.15) is 5.82 Å². The number of nitrogens with two attached hydrogens (primary N) is 1. The highest BCUT2D eigenvalue weighted by Gasteiger charge is 2.09. The molecule has 0 spiro atoms. The van der Waals surface area contributed by atoms with Gasteiger partial charge in [-0.05, 0) is 36.6 Å². The van der Waals surface area contributed by atoms with Crippen LogP contribution in [0.3, 0.4) is 0 Å². The first-order chi connectivity index (χ1) is 11.6. The van der Waals surface area contributed by atoms with E-state index in [1.54, 1.807) is 18.2 Å². The second-order valence-corrected chi connectivity index (χ2v) is 5.76. The van der Waals surface area contributed by atoms with Crippen molar-refractivity contribution in [2.24, 2.45) is 5.73 Å². The number of H-pyrrole nitrogens is 1. The van der Waals surface area contributed by atoms with Crippen molar-refractivity contribution in [3.63, 3.8) is 0 Å². The number of nitrogens with one attached hydrogen (secondary N) is 1. The number of primary amides is 1. The van der Waals surface area contributed by atoms with E-state index in [9.17, 15) is 4.79 Å². The number of aromatic nitrogens is 3. The van der Waals surface area contributed by atoms with Gasteiger partial charge in [-0.2, -0.15) is 5.10 Å². The molecule has 121 valence electrons. The van der Waals surface area contributed by atoms with E-state index in [0.29, 0.717) is 35.1 Å². The van der Waals surface area contributed by atoms with E-state index in [2.05, 4.69) is 15.2 Å². The fraction of sp³-hybridized carbons (Fsp3) is 0.111. The summed E-state index contributed by atoms with van der Waals surface area (Å²) in [4.78, 5) is 15.9. The van der Waals surface area contributed by atoms with Crippen LogP contribution >= 0.6 is 11.6 Å². The molecule has 0 saturated heterocycles. The van der Waals surface area contributed by atoms with Gasteiger partial charge in [0.15, 0.2) is 5.82 Å². The van der Waals surface area contributed by atoms with Crippen molar-refractivity contribution < 1.29 is 4.79 Å². The Morgan fingerprint density at radius 2 is 2.04 bits per heavy atom. The maximum atomic E-state index is 11.4. The van der Waals surface area contributed by atoms with Crippen LogP contribution in [-0.2, 0) is 6.42 Å². The summed E-state index contributed by atoms with van der Waals surface area (Å²) in [6.07, 6.45) is 3.36. The van der Waals surface area contributed by atoms with E-state index in [-0.39, 0.29) is 0 Å². The van der Waals surface area contributed by atoms with E-state index >= 15 is 0 Å². The van der Waals surface area contributed by atoms with Gasteiger partial charge < -0.3 is 5.73 Å². The quantitative estimate of drug-likeness (QED) is 0.721. The largest absolute Gasteiger partial charge is 0.366 e. The molecule has 6 heteroatoms. The molecule has 0 unspecified atom stereocenters. The molecule has 0 aliphatic heterocycles. The third-order valence-corrected chi connectivity index (χ3v) is 3.85. The molecule has 0 bridgehead atoms. The van der Waals surface area contributed by atoms with Crippen LogP contribution in [-0.4, -0.2) is 21.1 Å². The van der Waals surface area contributed by atoms with Gasteiger partial charge in [0.2, 0.25) is 5.91 Å². The van der Waals surface area contributed by atoms with Crippen LogP contribution < -0.4 is 5.73 Å². The highest BCUT2D eigenvalue weighted by atomic mass is 35.5. The Morgan fingerprint density at radius 1 is 1.21 bits per heavy atom. The van der Waals surface area contributed by atoms with E-state index in [4.69, 9.17) is 17.3 Å². The molecule has 2 aromatic carbocycles. The van der Waals surface area contributed by atoms with Crippen molar-refractivity contribution in [2.75, 3.05) is 0 Å². The summed E-state index contributed by atoms with van der Waals surface area (Å²) in [7, 11) is 0. The van der Waals surface area contributed by atoms with Gasteiger partial charge in [0.05, 0.1) is 0 Å². The third-order valence-electron chi connectivity index (χ3n) is 3.62. The first-order valence-electron chi connectivity index (χ1n) is 7.53. The van der Waals surface area contributed by atoms with Crippen LogP contribution in [0.1, 0.15) is 28.2 Å². The van der Waals surface area contributed by atoms with Crippen LogP contribution in [0.4, 0.5) is 0 Å². The number of carbonyl (C=O) groups excluding carboxylic acids is 1. The SMILES string of the molecule is NC(=O)c1ccccc1CC[CH]c1nc(-c2cccc(Cl)c2)n[nH]1. The van der Waals surface area contributed by atoms with E-state index in [1.807, 2.05) is 36.8 Å². The normalized spacial score (nSPS) is 10.7. The maximum absolute atomic E-state index is 11.4. The molecular weight excluding hydrogens is 324 g/mol. The summed E-state index contributed by atoms with van der Waals surface area (Å²) in [5.74, 6) is 0.872. The first kappa shape index (κ1) is 16.2. The number of halogens is 1. The second-order valence-electron chi connectivity index (χ2n) is 5.32. The average molecular weight is 340 g/mol. The molecule has 3 N–H and O–H groups in total. The zero-order valence-corrected chi connectivity index (χ0v) is 13.6. The van der Waals surface area contributed by atoms with Gasteiger partial charge in [-0.1, -0.05) is 41.9 Å². The zero-order chi connectivity index (χ0) is 16.9. The van der Waals surface area contributed by atoms with Gasteiger partial charge in [0, 0.05) is 22.6 Å². The topological polar surface area (TPSA) is 84.7 Å². The van der Waals surface area contributed by atoms with Gasteiger partial charge >= 0.3 is 0 Å². The number of hydrogen-bond donors (Lipinski definition) is 2. The number of amides is 1. The summed E-state index contributed by atoms with van der Waals surface area (Å²) < 4.78 is 0. The average Bonchev–Trinajstić information content (AvgIpc) is 3.04. The molecule has 0 aliphatic rings. The van der Waals surface area contributed by atoms with Gasteiger partial charge in [0.25, 0.3) is 0 Å². The van der Waals surface area contributed by atoms with Crippen LogP contribution in [0, 0.1) is 6.42 Å². The molecule has 1 aromatic heterocycles. The Balaban J connectivity index is 1.63. The molecule has 0 saturated carbocycles. The summed E-state index contributed by atoms with van der Waals surface area (Å²) >= 11 is 5.98. The Labute approximate surface area is 144 Å². The smallest absolute Gasteiger partial charge is 0.248 e. The zero-order valence-electron chi connectivity index (χ0n) is 12.9. The third kappa shape index (κ3) is 3.81. The van der Waals surface area contributed by atoms with Crippen molar-refractivity contribution in [1.82, 2.24) is 15.2 Å². The van der Waals surface area contributed by atoms with Gasteiger partial charge in [-0.25, -0.2) is 4.98 Å². The lowest BCUT2D eigenvalue weighted by Crippen LogP contribution is -2.13. The Kier molecular flexibility index (Phi) is 4.91. The lowest BCUT2D eigenvalue weighted by molar-refractivity contribution is 0.0999. The highest BCUT2D eigenvalue weighted by molar-refractivity contribution is 6.30. The molecule has 24 heavy (non-hydrogen) atoms. The number of aromatic amines is 1. The van der Waals surface area contributed by atoms with E-state index < -0.39 is 5.91 Å². The Bertz CT molecular complexity index is 859. The van der Waals surface area contributed by atoms with Crippen LogP contribution in [0.5, 0.6) is 0 Å². The molecule has 5 nitrogen and oxygen atoms in total. The molecule has 0 aliphatic carbocycles. The number of rotatable bonds is 6. The number of carbonyl (C=O) groups is 1. The number of aryl methyl sites for hydroxylation is 1. The lowest BCUT2D eigenvalue weighted by atomic mass is 10.0.